The first-order valence-corrected chi connectivity index (χ1v) is 7.09. The van der Waals surface area contributed by atoms with E-state index < -0.39 is 5.91 Å². The van der Waals surface area contributed by atoms with Crippen LogP contribution in [0, 0.1) is 0 Å². The van der Waals surface area contributed by atoms with Crippen molar-refractivity contribution in [3.8, 4) is 16.9 Å². The van der Waals surface area contributed by atoms with Gasteiger partial charge in [-0.15, -0.1) is 10.2 Å². The van der Waals surface area contributed by atoms with Gasteiger partial charge in [0, 0.05) is 21.5 Å². The molecule has 0 spiro atoms. The van der Waals surface area contributed by atoms with Gasteiger partial charge in [-0.1, -0.05) is 29.8 Å². The highest BCUT2D eigenvalue weighted by Crippen LogP contribution is 2.37. The summed E-state index contributed by atoms with van der Waals surface area (Å²) in [5.41, 5.74) is 13.5. The van der Waals surface area contributed by atoms with Crippen LogP contribution in [0.4, 0.5) is 5.69 Å². The van der Waals surface area contributed by atoms with Crippen molar-refractivity contribution in [2.45, 2.75) is 0 Å². The number of primary amides is 1. The van der Waals surface area contributed by atoms with Crippen LogP contribution in [0.2, 0.25) is 5.02 Å². The van der Waals surface area contributed by atoms with Crippen LogP contribution in [-0.2, 0) is 0 Å². The molecule has 0 bridgehead atoms. The zero-order chi connectivity index (χ0) is 16.6. The number of anilines is 1. The van der Waals surface area contributed by atoms with Gasteiger partial charge in [0.1, 0.15) is 11.3 Å². The molecule has 0 saturated heterocycles. The summed E-state index contributed by atoms with van der Waals surface area (Å²) in [6, 6.07) is 10.7. The van der Waals surface area contributed by atoms with Crippen LogP contribution >= 0.6 is 11.6 Å². The highest BCUT2D eigenvalue weighted by atomic mass is 35.5. The Morgan fingerprint density at radius 1 is 1.17 bits per heavy atom. The van der Waals surface area contributed by atoms with Gasteiger partial charge >= 0.3 is 0 Å². The first-order chi connectivity index (χ1) is 11.0. The van der Waals surface area contributed by atoms with Gasteiger partial charge in [0.05, 0.1) is 12.8 Å². The molecule has 0 saturated carbocycles. The van der Waals surface area contributed by atoms with Crippen molar-refractivity contribution in [1.82, 2.24) is 10.2 Å². The molecule has 1 heterocycles. The van der Waals surface area contributed by atoms with Gasteiger partial charge in [-0.25, -0.2) is 0 Å². The molecule has 116 valence electrons. The first-order valence-electron chi connectivity index (χ1n) is 6.71. The van der Waals surface area contributed by atoms with Gasteiger partial charge < -0.3 is 16.2 Å². The maximum atomic E-state index is 11.4. The second-order valence-corrected chi connectivity index (χ2v) is 5.31. The maximum Gasteiger partial charge on any atom is 0.271 e. The minimum absolute atomic E-state index is 0.0484. The van der Waals surface area contributed by atoms with Gasteiger partial charge in [-0.2, -0.15) is 0 Å². The Labute approximate surface area is 137 Å². The molecule has 2 aromatic carbocycles. The van der Waals surface area contributed by atoms with Crippen LogP contribution in [0.25, 0.3) is 22.0 Å². The van der Waals surface area contributed by atoms with Crippen LogP contribution in [-0.4, -0.2) is 23.2 Å². The standard InChI is InChI=1S/C16H13ClN4O2/c1-23-12-6-5-8(17)7-11(12)9-3-2-4-10-13(18)15(16(19)22)21-20-14(9)10/h2-7H,1H3,(H2,18,20)(H2,19,22). The number of hydrogen-bond acceptors (Lipinski definition) is 5. The monoisotopic (exact) mass is 328 g/mol. The van der Waals surface area contributed by atoms with Crippen molar-refractivity contribution >= 4 is 34.1 Å². The third-order valence-electron chi connectivity index (χ3n) is 3.52. The van der Waals surface area contributed by atoms with Crippen molar-refractivity contribution < 1.29 is 9.53 Å². The number of nitrogen functional groups attached to an aromatic ring is 1. The number of rotatable bonds is 3. The zero-order valence-electron chi connectivity index (χ0n) is 12.2. The quantitative estimate of drug-likeness (QED) is 0.769. The average molecular weight is 329 g/mol. The van der Waals surface area contributed by atoms with Crippen LogP contribution in [0.15, 0.2) is 36.4 Å². The van der Waals surface area contributed by atoms with E-state index in [1.165, 1.54) is 0 Å². The second kappa shape index (κ2) is 5.73. The van der Waals surface area contributed by atoms with Gasteiger partial charge in [-0.3, -0.25) is 4.79 Å². The molecular formula is C16H13ClN4O2. The predicted octanol–water partition coefficient (Wildman–Crippen LogP) is 2.64. The van der Waals surface area contributed by atoms with E-state index in [1.54, 1.807) is 37.4 Å². The Kier molecular flexibility index (Phi) is 3.75. The number of carbonyl (C=O) groups is 1. The minimum atomic E-state index is -0.720. The molecule has 0 aliphatic carbocycles. The van der Waals surface area contributed by atoms with E-state index in [2.05, 4.69) is 10.2 Å². The molecule has 7 heteroatoms. The minimum Gasteiger partial charge on any atom is -0.496 e. The fraction of sp³-hybridized carbons (Fsp3) is 0.0625. The molecule has 0 aliphatic rings. The summed E-state index contributed by atoms with van der Waals surface area (Å²) in [4.78, 5) is 11.4. The Morgan fingerprint density at radius 3 is 2.65 bits per heavy atom. The molecule has 1 aromatic heterocycles. The number of fused-ring (bicyclic) bond motifs is 1. The molecular weight excluding hydrogens is 316 g/mol. The van der Waals surface area contributed by atoms with Crippen molar-refractivity contribution in [3.05, 3.63) is 47.1 Å². The number of amides is 1. The van der Waals surface area contributed by atoms with E-state index in [0.29, 0.717) is 21.7 Å². The lowest BCUT2D eigenvalue weighted by atomic mass is 10.0. The normalized spacial score (nSPS) is 10.7. The van der Waals surface area contributed by atoms with E-state index >= 15 is 0 Å². The lowest BCUT2D eigenvalue weighted by Gasteiger charge is -2.12. The number of ether oxygens (including phenoxy) is 1. The number of nitrogens with two attached hydrogens (primary N) is 2. The molecule has 0 aliphatic heterocycles. The van der Waals surface area contributed by atoms with Crippen LogP contribution in [0.1, 0.15) is 10.5 Å². The zero-order valence-corrected chi connectivity index (χ0v) is 13.0. The fourth-order valence-corrected chi connectivity index (χ4v) is 2.61. The molecule has 23 heavy (non-hydrogen) atoms. The summed E-state index contributed by atoms with van der Waals surface area (Å²) >= 11 is 6.10. The number of halogens is 1. The van der Waals surface area contributed by atoms with Crippen molar-refractivity contribution in [2.75, 3.05) is 12.8 Å². The van der Waals surface area contributed by atoms with Crippen molar-refractivity contribution in [1.29, 1.82) is 0 Å². The molecule has 0 radical (unpaired) electrons. The highest BCUT2D eigenvalue weighted by molar-refractivity contribution is 6.31. The Hall–Kier alpha value is -2.86. The summed E-state index contributed by atoms with van der Waals surface area (Å²) in [5.74, 6) is -0.0797. The van der Waals surface area contributed by atoms with Crippen LogP contribution < -0.4 is 16.2 Å². The number of carbonyl (C=O) groups excluding carboxylic acids is 1. The summed E-state index contributed by atoms with van der Waals surface area (Å²) in [6.07, 6.45) is 0. The third-order valence-corrected chi connectivity index (χ3v) is 3.75. The second-order valence-electron chi connectivity index (χ2n) is 4.87. The molecule has 3 rings (SSSR count). The summed E-state index contributed by atoms with van der Waals surface area (Å²) < 4.78 is 5.38. The predicted molar refractivity (Wildman–Crippen MR) is 89.5 cm³/mol. The molecule has 6 nitrogen and oxygen atoms in total. The van der Waals surface area contributed by atoms with Gasteiger partial charge in [0.25, 0.3) is 5.91 Å². The summed E-state index contributed by atoms with van der Waals surface area (Å²) in [5, 5.41) is 9.12. The van der Waals surface area contributed by atoms with E-state index in [0.717, 1.165) is 11.1 Å². The summed E-state index contributed by atoms with van der Waals surface area (Å²) in [6.45, 7) is 0. The largest absolute Gasteiger partial charge is 0.496 e. The van der Waals surface area contributed by atoms with E-state index in [9.17, 15) is 4.79 Å². The van der Waals surface area contributed by atoms with Gasteiger partial charge in [-0.05, 0) is 18.2 Å². The van der Waals surface area contributed by atoms with Gasteiger partial charge in [0.2, 0.25) is 0 Å². The van der Waals surface area contributed by atoms with Crippen molar-refractivity contribution in [3.63, 3.8) is 0 Å². The smallest absolute Gasteiger partial charge is 0.271 e. The Morgan fingerprint density at radius 2 is 1.96 bits per heavy atom. The number of aromatic nitrogens is 2. The fourth-order valence-electron chi connectivity index (χ4n) is 2.44. The molecule has 0 unspecified atom stereocenters. The highest BCUT2D eigenvalue weighted by Gasteiger charge is 2.17. The molecule has 3 aromatic rings. The molecule has 0 atom stereocenters. The number of benzene rings is 2. The number of methoxy groups -OCH3 is 1. The van der Waals surface area contributed by atoms with Crippen molar-refractivity contribution in [2.24, 2.45) is 5.73 Å². The lowest BCUT2D eigenvalue weighted by Crippen LogP contribution is -2.16. The van der Waals surface area contributed by atoms with Crippen LogP contribution in [0.3, 0.4) is 0 Å². The molecule has 1 amide bonds. The molecule has 4 N–H and O–H groups in total. The summed E-state index contributed by atoms with van der Waals surface area (Å²) in [7, 11) is 1.57. The SMILES string of the molecule is COc1ccc(Cl)cc1-c1cccc2c(N)c(C(N)=O)nnc12. The molecule has 0 fully saturated rings. The van der Waals surface area contributed by atoms with E-state index in [1.807, 2.05) is 6.07 Å². The maximum absolute atomic E-state index is 11.4. The average Bonchev–Trinajstić information content (AvgIpc) is 2.54. The number of nitrogens with zero attached hydrogens (tertiary/aromatic N) is 2. The number of hydrogen-bond donors (Lipinski definition) is 2. The Balaban J connectivity index is 2.34. The van der Waals surface area contributed by atoms with E-state index in [-0.39, 0.29) is 11.4 Å². The van der Waals surface area contributed by atoms with Crippen LogP contribution in [0.5, 0.6) is 5.75 Å². The Bertz CT molecular complexity index is 927. The first kappa shape index (κ1) is 15.1. The lowest BCUT2D eigenvalue weighted by molar-refractivity contribution is 0.0996. The topological polar surface area (TPSA) is 104 Å². The third kappa shape index (κ3) is 2.53. The van der Waals surface area contributed by atoms with Gasteiger partial charge in [0.15, 0.2) is 5.69 Å². The van der Waals surface area contributed by atoms with E-state index in [4.69, 9.17) is 27.8 Å².